The van der Waals surface area contributed by atoms with E-state index in [-0.39, 0.29) is 12.2 Å². The number of thiophene rings is 1. The molecule has 1 unspecified atom stereocenters. The second-order valence-electron chi connectivity index (χ2n) is 4.12. The lowest BCUT2D eigenvalue weighted by Crippen LogP contribution is -2.24. The van der Waals surface area contributed by atoms with Crippen molar-refractivity contribution >= 4 is 22.9 Å². The molecule has 0 spiro atoms. The van der Waals surface area contributed by atoms with Crippen molar-refractivity contribution in [3.05, 3.63) is 56.5 Å². The molecule has 1 aromatic carbocycles. The second-order valence-corrected chi connectivity index (χ2v) is 5.92. The molecule has 1 heterocycles. The van der Waals surface area contributed by atoms with Crippen molar-refractivity contribution in [1.82, 2.24) is 5.32 Å². The highest BCUT2D eigenvalue weighted by Crippen LogP contribution is 2.23. The molecule has 0 amide bonds. The van der Waals surface area contributed by atoms with Crippen molar-refractivity contribution in [2.24, 2.45) is 0 Å². The van der Waals surface area contributed by atoms with Gasteiger partial charge in [-0.3, -0.25) is 0 Å². The Bertz CT molecular complexity index is 582. The van der Waals surface area contributed by atoms with Gasteiger partial charge in [-0.1, -0.05) is 11.6 Å². The number of aliphatic hydroxyl groups excluding tert-OH is 1. The van der Waals surface area contributed by atoms with Crippen LogP contribution in [0.3, 0.4) is 0 Å². The number of hydrogen-bond acceptors (Lipinski definition) is 3. The normalized spacial score (nSPS) is 12.7. The zero-order chi connectivity index (χ0) is 14.7. The highest BCUT2D eigenvalue weighted by molar-refractivity contribution is 7.16. The minimum atomic E-state index is -1.52. The summed E-state index contributed by atoms with van der Waals surface area (Å²) in [7, 11) is 0. The maximum absolute atomic E-state index is 13.2. The molecule has 0 aliphatic rings. The third kappa shape index (κ3) is 3.52. The Kier molecular flexibility index (Phi) is 5.04. The van der Waals surface area contributed by atoms with Gasteiger partial charge < -0.3 is 10.4 Å². The highest BCUT2D eigenvalue weighted by Gasteiger charge is 2.16. The monoisotopic (exact) mass is 321 g/mol. The Hall–Kier alpha value is -1.08. The van der Waals surface area contributed by atoms with E-state index in [0.717, 1.165) is 17.0 Å². The third-order valence-electron chi connectivity index (χ3n) is 2.74. The van der Waals surface area contributed by atoms with Crippen molar-refractivity contribution in [3.8, 4) is 0 Å². The van der Waals surface area contributed by atoms with Crippen LogP contribution >= 0.6 is 22.9 Å². The quantitative estimate of drug-likeness (QED) is 0.824. The Morgan fingerprint density at radius 3 is 2.35 bits per heavy atom. The summed E-state index contributed by atoms with van der Waals surface area (Å²) in [6, 6.07) is 4.58. The fraction of sp³-hybridized carbons (Fsp3) is 0.231. The molecule has 2 nitrogen and oxygen atoms in total. The van der Waals surface area contributed by atoms with E-state index in [1.807, 2.05) is 0 Å². The average molecular weight is 322 g/mol. The Labute approximate surface area is 122 Å². The summed E-state index contributed by atoms with van der Waals surface area (Å²) >= 11 is 7.14. The van der Waals surface area contributed by atoms with Crippen molar-refractivity contribution in [2.45, 2.75) is 12.6 Å². The second kappa shape index (κ2) is 6.58. The molecule has 0 aliphatic heterocycles. The van der Waals surface area contributed by atoms with Gasteiger partial charge >= 0.3 is 0 Å². The van der Waals surface area contributed by atoms with Gasteiger partial charge in [0.25, 0.3) is 0 Å². The molecule has 0 saturated carbocycles. The molecule has 0 aliphatic carbocycles. The van der Waals surface area contributed by atoms with Gasteiger partial charge in [0, 0.05) is 11.4 Å². The van der Waals surface area contributed by atoms with E-state index < -0.39 is 23.5 Å². The van der Waals surface area contributed by atoms with E-state index in [4.69, 9.17) is 11.6 Å². The van der Waals surface area contributed by atoms with E-state index in [1.54, 1.807) is 12.1 Å². The highest BCUT2D eigenvalue weighted by atomic mass is 35.5. The zero-order valence-corrected chi connectivity index (χ0v) is 11.7. The number of halogens is 4. The first-order valence-corrected chi connectivity index (χ1v) is 6.93. The first-order chi connectivity index (χ1) is 9.51. The molecule has 0 saturated heterocycles. The number of benzene rings is 1. The van der Waals surface area contributed by atoms with Crippen LogP contribution in [0.25, 0.3) is 0 Å². The van der Waals surface area contributed by atoms with Crippen LogP contribution in [0.1, 0.15) is 16.5 Å². The Balaban J connectivity index is 2.12. The van der Waals surface area contributed by atoms with E-state index in [2.05, 4.69) is 5.32 Å². The molecule has 2 aromatic rings. The maximum Gasteiger partial charge on any atom is 0.194 e. The third-order valence-corrected chi connectivity index (χ3v) is 3.97. The van der Waals surface area contributed by atoms with E-state index in [0.29, 0.717) is 10.9 Å². The topological polar surface area (TPSA) is 32.3 Å². The van der Waals surface area contributed by atoms with Crippen molar-refractivity contribution in [3.63, 3.8) is 0 Å². The lowest BCUT2D eigenvalue weighted by molar-refractivity contribution is 0.243. The SMILES string of the molecule is OCC(NCc1ccc(Cl)s1)c1cc(F)c(F)c(F)c1. The summed E-state index contributed by atoms with van der Waals surface area (Å²) in [4.78, 5) is 0.913. The smallest absolute Gasteiger partial charge is 0.194 e. The molecule has 108 valence electrons. The molecule has 0 fully saturated rings. The summed E-state index contributed by atoms with van der Waals surface area (Å²) in [5, 5.41) is 12.2. The van der Waals surface area contributed by atoms with Crippen LogP contribution in [0, 0.1) is 17.5 Å². The van der Waals surface area contributed by atoms with Gasteiger partial charge in [-0.15, -0.1) is 11.3 Å². The Morgan fingerprint density at radius 2 is 1.85 bits per heavy atom. The average Bonchev–Trinajstić information content (AvgIpc) is 2.82. The van der Waals surface area contributed by atoms with Crippen LogP contribution < -0.4 is 5.32 Å². The maximum atomic E-state index is 13.2. The molecule has 2 N–H and O–H groups in total. The zero-order valence-electron chi connectivity index (χ0n) is 10.2. The fourth-order valence-corrected chi connectivity index (χ4v) is 2.77. The molecule has 2 rings (SSSR count). The molecule has 20 heavy (non-hydrogen) atoms. The van der Waals surface area contributed by atoms with Gasteiger partial charge in [0.05, 0.1) is 17.0 Å². The minimum Gasteiger partial charge on any atom is -0.394 e. The predicted octanol–water partition coefficient (Wildman–Crippen LogP) is 3.64. The summed E-state index contributed by atoms with van der Waals surface area (Å²) in [5.74, 6) is -4.07. The number of hydrogen-bond donors (Lipinski definition) is 2. The van der Waals surface area contributed by atoms with Crippen LogP contribution in [0.5, 0.6) is 0 Å². The molecule has 1 atom stereocenters. The van der Waals surface area contributed by atoms with Gasteiger partial charge in [0.2, 0.25) is 0 Å². The van der Waals surface area contributed by atoms with E-state index >= 15 is 0 Å². The van der Waals surface area contributed by atoms with Gasteiger partial charge in [-0.05, 0) is 29.8 Å². The lowest BCUT2D eigenvalue weighted by Gasteiger charge is -2.16. The van der Waals surface area contributed by atoms with Crippen molar-refractivity contribution in [2.75, 3.05) is 6.61 Å². The minimum absolute atomic E-state index is 0.145. The first kappa shape index (κ1) is 15.3. The lowest BCUT2D eigenvalue weighted by atomic mass is 10.1. The van der Waals surface area contributed by atoms with Gasteiger partial charge in [0.1, 0.15) is 0 Å². The summed E-state index contributed by atoms with van der Waals surface area (Å²) < 4.78 is 39.8. The molecule has 0 radical (unpaired) electrons. The summed E-state index contributed by atoms with van der Waals surface area (Å²) in [6.07, 6.45) is 0. The van der Waals surface area contributed by atoms with Gasteiger partial charge in [-0.2, -0.15) is 0 Å². The van der Waals surface area contributed by atoms with Gasteiger partial charge in [0.15, 0.2) is 17.5 Å². The van der Waals surface area contributed by atoms with Gasteiger partial charge in [-0.25, -0.2) is 13.2 Å². The molecule has 7 heteroatoms. The van der Waals surface area contributed by atoms with Crippen LogP contribution in [0.15, 0.2) is 24.3 Å². The fourth-order valence-electron chi connectivity index (χ4n) is 1.73. The first-order valence-electron chi connectivity index (χ1n) is 5.74. The number of aliphatic hydroxyl groups is 1. The van der Waals surface area contributed by atoms with Crippen LogP contribution in [-0.2, 0) is 6.54 Å². The summed E-state index contributed by atoms with van der Waals surface area (Å²) in [6.45, 7) is 0.00679. The summed E-state index contributed by atoms with van der Waals surface area (Å²) in [5.41, 5.74) is 0.145. The largest absolute Gasteiger partial charge is 0.394 e. The van der Waals surface area contributed by atoms with E-state index in [9.17, 15) is 18.3 Å². The van der Waals surface area contributed by atoms with E-state index in [1.165, 1.54) is 11.3 Å². The molecule has 0 bridgehead atoms. The molecular formula is C13H11ClF3NOS. The molecule has 1 aromatic heterocycles. The van der Waals surface area contributed by atoms with Crippen molar-refractivity contribution < 1.29 is 18.3 Å². The number of nitrogens with one attached hydrogen (secondary N) is 1. The van der Waals surface area contributed by atoms with Crippen molar-refractivity contribution in [1.29, 1.82) is 0 Å². The predicted molar refractivity (Wildman–Crippen MR) is 72.3 cm³/mol. The Morgan fingerprint density at radius 1 is 1.20 bits per heavy atom. The molecular weight excluding hydrogens is 311 g/mol. The number of rotatable bonds is 5. The van der Waals surface area contributed by atoms with Crippen LogP contribution in [0.2, 0.25) is 4.34 Å². The van der Waals surface area contributed by atoms with Crippen LogP contribution in [0.4, 0.5) is 13.2 Å². The van der Waals surface area contributed by atoms with Crippen LogP contribution in [-0.4, -0.2) is 11.7 Å². The standard InChI is InChI=1S/C13H11ClF3NOS/c14-12-2-1-8(20-12)5-18-11(6-19)7-3-9(15)13(17)10(16)4-7/h1-4,11,18-19H,5-6H2.